The number of likely N-dealkylation sites (tertiary alicyclic amines) is 1. The van der Waals surface area contributed by atoms with Crippen molar-refractivity contribution < 1.29 is 9.90 Å². The van der Waals surface area contributed by atoms with Crippen molar-refractivity contribution in [1.29, 1.82) is 0 Å². The molecule has 17 heavy (non-hydrogen) atoms. The molecule has 2 rings (SSSR count). The van der Waals surface area contributed by atoms with Crippen LogP contribution < -0.4 is 0 Å². The average Bonchev–Trinajstić information content (AvgIpc) is 2.33. The number of carbonyl (C=O) groups excluding carboxylic acids is 1. The van der Waals surface area contributed by atoms with E-state index in [4.69, 9.17) is 11.6 Å². The van der Waals surface area contributed by atoms with E-state index in [1.807, 2.05) is 4.90 Å². The van der Waals surface area contributed by atoms with Gasteiger partial charge in [0.1, 0.15) is 5.75 Å². The van der Waals surface area contributed by atoms with Crippen molar-refractivity contribution in [3.05, 3.63) is 29.3 Å². The van der Waals surface area contributed by atoms with E-state index in [2.05, 4.69) is 0 Å². The van der Waals surface area contributed by atoms with E-state index < -0.39 is 0 Å². The van der Waals surface area contributed by atoms with Crippen LogP contribution in [0, 0.1) is 6.92 Å². The third-order valence-electron chi connectivity index (χ3n) is 3.16. The Morgan fingerprint density at radius 1 is 1.41 bits per heavy atom. The fraction of sp³-hybridized carbons (Fsp3) is 0.462. The number of aryl methyl sites for hydroxylation is 1. The number of alkyl halides is 1. The van der Waals surface area contributed by atoms with Crippen molar-refractivity contribution in [2.24, 2.45) is 0 Å². The first-order valence-corrected chi connectivity index (χ1v) is 6.24. The van der Waals surface area contributed by atoms with Gasteiger partial charge in [0.15, 0.2) is 0 Å². The van der Waals surface area contributed by atoms with E-state index in [0.717, 1.165) is 18.4 Å². The molecule has 1 amide bonds. The summed E-state index contributed by atoms with van der Waals surface area (Å²) >= 11 is 6.01. The maximum atomic E-state index is 12.2. The van der Waals surface area contributed by atoms with Gasteiger partial charge >= 0.3 is 0 Å². The van der Waals surface area contributed by atoms with E-state index in [-0.39, 0.29) is 17.0 Å². The standard InChI is InChI=1S/C13H16ClNO2/c1-9-8-10(2-3-12(9)16)13(17)15-6-4-11(14)5-7-15/h2-3,8,11,16H,4-7H2,1H3. The highest BCUT2D eigenvalue weighted by Gasteiger charge is 2.22. The van der Waals surface area contributed by atoms with Crippen molar-refractivity contribution in [2.75, 3.05) is 13.1 Å². The van der Waals surface area contributed by atoms with Gasteiger partial charge in [-0.1, -0.05) is 0 Å². The number of halogens is 1. The minimum atomic E-state index is 0.0247. The normalized spacial score (nSPS) is 17.2. The number of carbonyl (C=O) groups is 1. The fourth-order valence-electron chi connectivity index (χ4n) is 2.02. The first-order chi connectivity index (χ1) is 8.08. The molecule has 0 saturated carbocycles. The Kier molecular flexibility index (Phi) is 3.57. The van der Waals surface area contributed by atoms with Gasteiger partial charge in [0, 0.05) is 24.0 Å². The molecule has 92 valence electrons. The molecular formula is C13H16ClNO2. The molecule has 0 radical (unpaired) electrons. The number of aromatic hydroxyl groups is 1. The zero-order valence-corrected chi connectivity index (χ0v) is 10.6. The minimum Gasteiger partial charge on any atom is -0.508 e. The number of phenols is 1. The first kappa shape index (κ1) is 12.2. The molecule has 0 aromatic heterocycles. The van der Waals surface area contributed by atoms with Crippen LogP contribution in [0.1, 0.15) is 28.8 Å². The average molecular weight is 254 g/mol. The van der Waals surface area contributed by atoms with Crippen LogP contribution in [0.3, 0.4) is 0 Å². The molecule has 1 aliphatic heterocycles. The lowest BCUT2D eigenvalue weighted by molar-refractivity contribution is 0.0726. The van der Waals surface area contributed by atoms with Crippen LogP contribution in [0.25, 0.3) is 0 Å². The number of benzene rings is 1. The second-order valence-electron chi connectivity index (χ2n) is 4.47. The fourth-order valence-corrected chi connectivity index (χ4v) is 2.22. The lowest BCUT2D eigenvalue weighted by atomic mass is 10.1. The van der Waals surface area contributed by atoms with Crippen LogP contribution >= 0.6 is 11.6 Å². The zero-order chi connectivity index (χ0) is 12.4. The number of amides is 1. The maximum Gasteiger partial charge on any atom is 0.253 e. The third kappa shape index (κ3) is 2.72. The van der Waals surface area contributed by atoms with E-state index in [9.17, 15) is 9.90 Å². The highest BCUT2D eigenvalue weighted by atomic mass is 35.5. The molecule has 0 atom stereocenters. The van der Waals surface area contributed by atoms with Gasteiger partial charge in [0.25, 0.3) is 5.91 Å². The third-order valence-corrected chi connectivity index (χ3v) is 3.59. The summed E-state index contributed by atoms with van der Waals surface area (Å²) in [5.41, 5.74) is 1.36. The summed E-state index contributed by atoms with van der Waals surface area (Å²) in [4.78, 5) is 14.0. The largest absolute Gasteiger partial charge is 0.508 e. The molecule has 1 heterocycles. The molecular weight excluding hydrogens is 238 g/mol. The predicted octanol–water partition coefficient (Wildman–Crippen LogP) is 2.54. The van der Waals surface area contributed by atoms with Gasteiger partial charge in [0.05, 0.1) is 0 Å². The second kappa shape index (κ2) is 4.96. The number of piperidine rings is 1. The van der Waals surface area contributed by atoms with Crippen molar-refractivity contribution in [3.63, 3.8) is 0 Å². The summed E-state index contributed by atoms with van der Waals surface area (Å²) in [5.74, 6) is 0.248. The Balaban J connectivity index is 2.11. The van der Waals surface area contributed by atoms with Gasteiger partial charge in [-0.05, 0) is 43.5 Å². The highest BCUT2D eigenvalue weighted by Crippen LogP contribution is 2.21. The van der Waals surface area contributed by atoms with Crippen molar-refractivity contribution >= 4 is 17.5 Å². The van der Waals surface area contributed by atoms with Gasteiger partial charge in [-0.2, -0.15) is 0 Å². The van der Waals surface area contributed by atoms with E-state index in [0.29, 0.717) is 18.7 Å². The molecule has 1 aromatic carbocycles. The topological polar surface area (TPSA) is 40.5 Å². The molecule has 1 aromatic rings. The molecule has 1 N–H and O–H groups in total. The van der Waals surface area contributed by atoms with Crippen LogP contribution in [-0.2, 0) is 0 Å². The Morgan fingerprint density at radius 2 is 2.06 bits per heavy atom. The summed E-state index contributed by atoms with van der Waals surface area (Å²) in [6.07, 6.45) is 1.70. The minimum absolute atomic E-state index is 0.0247. The zero-order valence-electron chi connectivity index (χ0n) is 9.82. The van der Waals surface area contributed by atoms with Crippen LogP contribution in [-0.4, -0.2) is 34.4 Å². The molecule has 1 saturated heterocycles. The van der Waals surface area contributed by atoms with Crippen molar-refractivity contribution in [1.82, 2.24) is 4.90 Å². The van der Waals surface area contributed by atoms with Crippen molar-refractivity contribution in [3.8, 4) is 5.75 Å². The summed E-state index contributed by atoms with van der Waals surface area (Å²) < 4.78 is 0. The number of rotatable bonds is 1. The van der Waals surface area contributed by atoms with Crippen LogP contribution in [0.5, 0.6) is 5.75 Å². The smallest absolute Gasteiger partial charge is 0.253 e. The Hall–Kier alpha value is -1.22. The molecule has 1 fully saturated rings. The van der Waals surface area contributed by atoms with E-state index >= 15 is 0 Å². The summed E-state index contributed by atoms with van der Waals surface area (Å²) in [5, 5.41) is 9.62. The molecule has 0 unspecified atom stereocenters. The monoisotopic (exact) mass is 253 g/mol. The van der Waals surface area contributed by atoms with Gasteiger partial charge < -0.3 is 10.0 Å². The van der Waals surface area contributed by atoms with E-state index in [1.54, 1.807) is 25.1 Å². The quantitative estimate of drug-likeness (QED) is 0.782. The molecule has 0 spiro atoms. The van der Waals surface area contributed by atoms with Crippen molar-refractivity contribution in [2.45, 2.75) is 25.1 Å². The Labute approximate surface area is 106 Å². The highest BCUT2D eigenvalue weighted by molar-refractivity contribution is 6.20. The molecule has 1 aliphatic rings. The lowest BCUT2D eigenvalue weighted by Gasteiger charge is -2.29. The molecule has 3 nitrogen and oxygen atoms in total. The maximum absolute atomic E-state index is 12.2. The summed E-state index contributed by atoms with van der Waals surface area (Å²) in [7, 11) is 0. The van der Waals surface area contributed by atoms with Crippen LogP contribution in [0.4, 0.5) is 0 Å². The second-order valence-corrected chi connectivity index (χ2v) is 5.09. The lowest BCUT2D eigenvalue weighted by Crippen LogP contribution is -2.38. The van der Waals surface area contributed by atoms with Crippen LogP contribution in [0.2, 0.25) is 0 Å². The SMILES string of the molecule is Cc1cc(C(=O)N2CCC(Cl)CC2)ccc1O. The Bertz CT molecular complexity index is 425. The van der Waals surface area contributed by atoms with Gasteiger partial charge in [-0.15, -0.1) is 11.6 Å². The molecule has 0 bridgehead atoms. The van der Waals surface area contributed by atoms with Gasteiger partial charge in [0.2, 0.25) is 0 Å². The molecule has 4 heteroatoms. The first-order valence-electron chi connectivity index (χ1n) is 5.81. The van der Waals surface area contributed by atoms with Crippen LogP contribution in [0.15, 0.2) is 18.2 Å². The number of phenolic OH excluding ortho intramolecular Hbond substituents is 1. The number of hydrogen-bond donors (Lipinski definition) is 1. The van der Waals surface area contributed by atoms with E-state index in [1.165, 1.54) is 0 Å². The summed E-state index contributed by atoms with van der Waals surface area (Å²) in [6, 6.07) is 4.96. The predicted molar refractivity (Wildman–Crippen MR) is 67.6 cm³/mol. The molecule has 0 aliphatic carbocycles. The summed E-state index contributed by atoms with van der Waals surface area (Å²) in [6.45, 7) is 3.22. The Morgan fingerprint density at radius 3 is 2.65 bits per heavy atom. The number of hydrogen-bond acceptors (Lipinski definition) is 2. The van der Waals surface area contributed by atoms with Gasteiger partial charge in [-0.25, -0.2) is 0 Å². The van der Waals surface area contributed by atoms with Gasteiger partial charge in [-0.3, -0.25) is 4.79 Å². The number of nitrogens with zero attached hydrogens (tertiary/aromatic N) is 1.